The van der Waals surface area contributed by atoms with E-state index >= 15 is 0 Å². The molecule has 0 spiro atoms. The third-order valence-electron chi connectivity index (χ3n) is 7.17. The number of nitrogens with zero attached hydrogens (tertiary/aromatic N) is 2. The average Bonchev–Trinajstić information content (AvgIpc) is 3.46. The molecule has 0 aliphatic heterocycles. The molecule has 1 atom stereocenters. The Bertz CT molecular complexity index is 1470. The molecular formula is C30H32Cl2FN3O4S. The Hall–Kier alpha value is -3.14. The van der Waals surface area contributed by atoms with Crippen LogP contribution >= 0.6 is 23.2 Å². The van der Waals surface area contributed by atoms with Gasteiger partial charge in [0.25, 0.3) is 10.0 Å². The first-order valence-electron chi connectivity index (χ1n) is 13.5. The van der Waals surface area contributed by atoms with Gasteiger partial charge < -0.3 is 10.2 Å². The molecule has 1 fully saturated rings. The third-order valence-corrected chi connectivity index (χ3v) is 9.54. The van der Waals surface area contributed by atoms with Crippen molar-refractivity contribution in [3.63, 3.8) is 0 Å². The smallest absolute Gasteiger partial charge is 0.264 e. The third kappa shape index (κ3) is 7.58. The van der Waals surface area contributed by atoms with E-state index in [0.717, 1.165) is 54.3 Å². The zero-order valence-electron chi connectivity index (χ0n) is 22.6. The van der Waals surface area contributed by atoms with Crippen LogP contribution in [0.4, 0.5) is 10.1 Å². The zero-order valence-corrected chi connectivity index (χ0v) is 24.9. The molecule has 1 aliphatic carbocycles. The molecule has 3 aromatic rings. The molecule has 1 saturated carbocycles. The fourth-order valence-electron chi connectivity index (χ4n) is 4.98. The number of nitrogens with one attached hydrogen (secondary N) is 1. The van der Waals surface area contributed by atoms with E-state index < -0.39 is 34.3 Å². The van der Waals surface area contributed by atoms with Crippen LogP contribution in [0.15, 0.2) is 77.7 Å². The van der Waals surface area contributed by atoms with Crippen LogP contribution in [0.2, 0.25) is 10.0 Å². The molecule has 2 amide bonds. The second-order valence-electron chi connectivity index (χ2n) is 9.97. The van der Waals surface area contributed by atoms with Crippen molar-refractivity contribution in [2.75, 3.05) is 10.8 Å². The highest BCUT2D eigenvalue weighted by Gasteiger charge is 2.34. The van der Waals surface area contributed by atoms with Gasteiger partial charge in [-0.3, -0.25) is 13.9 Å². The summed E-state index contributed by atoms with van der Waals surface area (Å²) in [6.45, 7) is 1.17. The number of carbonyl (C=O) groups excluding carboxylic acids is 2. The van der Waals surface area contributed by atoms with E-state index in [0.29, 0.717) is 22.0 Å². The molecule has 0 saturated heterocycles. The van der Waals surface area contributed by atoms with E-state index in [4.69, 9.17) is 23.2 Å². The van der Waals surface area contributed by atoms with Crippen molar-refractivity contribution < 1.29 is 22.4 Å². The van der Waals surface area contributed by atoms with Gasteiger partial charge in [0.05, 0.1) is 10.6 Å². The summed E-state index contributed by atoms with van der Waals surface area (Å²) in [6, 6.07) is 16.6. The SMILES string of the molecule is CCC(C(=O)NC1CCCC1)N(Cc1ccc(Cl)cc1Cl)C(=O)CN(c1ccccc1)S(=O)(=O)c1ccc(F)cc1. The number of rotatable bonds is 11. The van der Waals surface area contributed by atoms with E-state index in [-0.39, 0.29) is 29.1 Å². The largest absolute Gasteiger partial charge is 0.352 e. The number of amides is 2. The number of benzene rings is 3. The first kappa shape index (κ1) is 30.8. The lowest BCUT2D eigenvalue weighted by atomic mass is 10.1. The molecule has 0 aromatic heterocycles. The Morgan fingerprint density at radius 1 is 1.00 bits per heavy atom. The van der Waals surface area contributed by atoms with Gasteiger partial charge in [-0.2, -0.15) is 0 Å². The van der Waals surface area contributed by atoms with Crippen LogP contribution < -0.4 is 9.62 Å². The summed E-state index contributed by atoms with van der Waals surface area (Å²) in [4.78, 5) is 28.8. The maximum atomic E-state index is 14.1. The quantitative estimate of drug-likeness (QED) is 0.277. The zero-order chi connectivity index (χ0) is 29.6. The van der Waals surface area contributed by atoms with Gasteiger partial charge in [-0.25, -0.2) is 12.8 Å². The molecule has 1 unspecified atom stereocenters. The van der Waals surface area contributed by atoms with E-state index in [1.165, 1.54) is 4.90 Å². The van der Waals surface area contributed by atoms with Crippen LogP contribution in [-0.4, -0.2) is 43.8 Å². The first-order valence-corrected chi connectivity index (χ1v) is 15.7. The van der Waals surface area contributed by atoms with E-state index in [1.54, 1.807) is 55.5 Å². The maximum absolute atomic E-state index is 14.1. The highest BCUT2D eigenvalue weighted by molar-refractivity contribution is 7.92. The Labute approximate surface area is 250 Å². The Balaban J connectivity index is 1.71. The number of hydrogen-bond donors (Lipinski definition) is 1. The minimum atomic E-state index is -4.28. The molecule has 3 aromatic carbocycles. The molecule has 0 radical (unpaired) electrons. The lowest BCUT2D eigenvalue weighted by molar-refractivity contribution is -0.140. The summed E-state index contributed by atoms with van der Waals surface area (Å²) in [6.07, 6.45) is 4.09. The topological polar surface area (TPSA) is 86.8 Å². The standard InChI is InChI=1S/C30H32Cl2FN3O4S/c1-2-28(30(38)34-24-8-6-7-9-24)35(19-21-12-13-22(31)18-27(21)32)29(37)20-36(25-10-4-3-5-11-25)41(39,40)26-16-14-23(33)15-17-26/h3-5,10-18,24,28H,2,6-9,19-20H2,1H3,(H,34,38). The van der Waals surface area contributed by atoms with Gasteiger partial charge in [0.15, 0.2) is 0 Å². The molecule has 1 aliphatic rings. The van der Waals surface area contributed by atoms with Gasteiger partial charge in [0, 0.05) is 22.6 Å². The fraction of sp³-hybridized carbons (Fsp3) is 0.333. The normalized spacial score (nSPS) is 14.4. The Kier molecular flexibility index (Phi) is 10.3. The van der Waals surface area contributed by atoms with E-state index in [9.17, 15) is 22.4 Å². The highest BCUT2D eigenvalue weighted by Crippen LogP contribution is 2.27. The number of sulfonamides is 1. The lowest BCUT2D eigenvalue weighted by Gasteiger charge is -2.34. The van der Waals surface area contributed by atoms with Crippen molar-refractivity contribution in [3.05, 3.63) is 94.2 Å². The molecule has 11 heteroatoms. The number of carbonyl (C=O) groups is 2. The first-order chi connectivity index (χ1) is 19.6. The predicted octanol–water partition coefficient (Wildman–Crippen LogP) is 6.19. The summed E-state index contributed by atoms with van der Waals surface area (Å²) >= 11 is 12.5. The van der Waals surface area contributed by atoms with Crippen molar-refractivity contribution in [1.82, 2.24) is 10.2 Å². The van der Waals surface area contributed by atoms with Gasteiger partial charge in [0.1, 0.15) is 18.4 Å². The number of halogens is 3. The molecule has 218 valence electrons. The van der Waals surface area contributed by atoms with E-state index in [2.05, 4.69) is 5.32 Å². The predicted molar refractivity (Wildman–Crippen MR) is 159 cm³/mol. The van der Waals surface area contributed by atoms with Gasteiger partial charge >= 0.3 is 0 Å². The van der Waals surface area contributed by atoms with E-state index in [1.807, 2.05) is 0 Å². The maximum Gasteiger partial charge on any atom is 0.264 e. The average molecular weight is 621 g/mol. The molecule has 4 rings (SSSR count). The van der Waals surface area contributed by atoms with Crippen molar-refractivity contribution in [3.8, 4) is 0 Å². The molecule has 1 N–H and O–H groups in total. The fourth-order valence-corrected chi connectivity index (χ4v) is 6.86. The summed E-state index contributed by atoms with van der Waals surface area (Å²) in [5, 5.41) is 3.81. The highest BCUT2D eigenvalue weighted by atomic mass is 35.5. The molecule has 7 nitrogen and oxygen atoms in total. The second-order valence-corrected chi connectivity index (χ2v) is 12.7. The van der Waals surface area contributed by atoms with Crippen molar-refractivity contribution >= 4 is 50.7 Å². The molecule has 41 heavy (non-hydrogen) atoms. The molecule has 0 bridgehead atoms. The van der Waals surface area contributed by atoms with Crippen molar-refractivity contribution in [2.24, 2.45) is 0 Å². The number of para-hydroxylation sites is 1. The van der Waals surface area contributed by atoms with Gasteiger partial charge in [0.2, 0.25) is 11.8 Å². The summed E-state index contributed by atoms with van der Waals surface area (Å²) < 4.78 is 42.1. The summed E-state index contributed by atoms with van der Waals surface area (Å²) in [7, 11) is -4.28. The van der Waals surface area contributed by atoms with Crippen LogP contribution in [0.1, 0.15) is 44.6 Å². The van der Waals surface area contributed by atoms with Crippen LogP contribution in [0.5, 0.6) is 0 Å². The lowest BCUT2D eigenvalue weighted by Crippen LogP contribution is -2.53. The number of hydrogen-bond acceptors (Lipinski definition) is 4. The van der Waals surface area contributed by atoms with Crippen LogP contribution in [-0.2, 0) is 26.2 Å². The summed E-state index contributed by atoms with van der Waals surface area (Å²) in [5.41, 5.74) is 0.808. The minimum absolute atomic E-state index is 0.0345. The van der Waals surface area contributed by atoms with Crippen LogP contribution in [0.25, 0.3) is 0 Å². The van der Waals surface area contributed by atoms with Gasteiger partial charge in [-0.05, 0) is 73.4 Å². The Morgan fingerprint density at radius 3 is 2.27 bits per heavy atom. The van der Waals surface area contributed by atoms with Crippen molar-refractivity contribution in [1.29, 1.82) is 0 Å². The summed E-state index contributed by atoms with van der Waals surface area (Å²) in [5.74, 6) is -1.49. The number of anilines is 1. The van der Waals surface area contributed by atoms with Gasteiger partial charge in [-0.1, -0.05) is 67.2 Å². The van der Waals surface area contributed by atoms with Crippen molar-refractivity contribution in [2.45, 2.75) is 62.6 Å². The molecular weight excluding hydrogens is 588 g/mol. The van der Waals surface area contributed by atoms with Crippen LogP contribution in [0.3, 0.4) is 0 Å². The monoisotopic (exact) mass is 619 g/mol. The van der Waals surface area contributed by atoms with Crippen LogP contribution in [0, 0.1) is 5.82 Å². The second kappa shape index (κ2) is 13.7. The minimum Gasteiger partial charge on any atom is -0.352 e. The molecule has 0 heterocycles. The Morgan fingerprint density at radius 2 is 1.66 bits per heavy atom. The van der Waals surface area contributed by atoms with Gasteiger partial charge in [-0.15, -0.1) is 0 Å².